The second-order valence-corrected chi connectivity index (χ2v) is 6.74. The molecule has 74 valence electrons. The summed E-state index contributed by atoms with van der Waals surface area (Å²) in [6.45, 7) is -0.124. The second-order valence-electron chi connectivity index (χ2n) is 2.25. The monoisotopic (exact) mass is 233 g/mol. The lowest BCUT2D eigenvalue weighted by molar-refractivity contribution is 0.516. The lowest BCUT2D eigenvalue weighted by atomic mass is 10.8. The Morgan fingerprint density at radius 1 is 1.08 bits per heavy atom. The third kappa shape index (κ3) is 3.74. The van der Waals surface area contributed by atoms with E-state index in [9.17, 15) is 16.8 Å². The minimum Gasteiger partial charge on any atom is -0.212 e. The number of nitrogens with zero attached hydrogens (tertiary/aromatic N) is 1. The summed E-state index contributed by atoms with van der Waals surface area (Å²) in [6, 6.07) is 0. The topological polar surface area (TPSA) is 71.5 Å². The number of sulfonamides is 2. The normalized spacial score (nSPS) is 13.7. The van der Waals surface area contributed by atoms with E-state index in [2.05, 4.69) is 12.6 Å². The van der Waals surface area contributed by atoms with Crippen molar-refractivity contribution in [1.82, 2.24) is 3.71 Å². The lowest BCUT2D eigenvalue weighted by Gasteiger charge is -2.15. The van der Waals surface area contributed by atoms with Gasteiger partial charge in [-0.15, -0.1) is 0 Å². The van der Waals surface area contributed by atoms with Crippen molar-refractivity contribution in [2.45, 2.75) is 0 Å². The molecule has 0 atom stereocenters. The van der Waals surface area contributed by atoms with Gasteiger partial charge in [-0.05, 0) is 0 Å². The van der Waals surface area contributed by atoms with Crippen LogP contribution in [0.15, 0.2) is 0 Å². The van der Waals surface area contributed by atoms with Crippen LogP contribution < -0.4 is 0 Å². The van der Waals surface area contributed by atoms with Gasteiger partial charge in [0.05, 0.1) is 12.5 Å². The average molecular weight is 233 g/mol. The van der Waals surface area contributed by atoms with Crippen molar-refractivity contribution in [2.75, 3.05) is 24.8 Å². The number of rotatable bonds is 4. The molecule has 0 rings (SSSR count). The maximum atomic E-state index is 10.9. The minimum absolute atomic E-state index is 0.124. The summed E-state index contributed by atoms with van der Waals surface area (Å²) < 4.78 is 43.9. The molecule has 0 aliphatic heterocycles. The van der Waals surface area contributed by atoms with Crippen molar-refractivity contribution in [2.24, 2.45) is 0 Å². The van der Waals surface area contributed by atoms with Gasteiger partial charge in [0, 0.05) is 12.3 Å². The van der Waals surface area contributed by atoms with Gasteiger partial charge in [0.2, 0.25) is 20.0 Å². The van der Waals surface area contributed by atoms with Crippen LogP contribution in [0.2, 0.25) is 0 Å². The molecule has 0 heterocycles. The Labute approximate surface area is 78.3 Å². The zero-order chi connectivity index (χ0) is 9.99. The van der Waals surface area contributed by atoms with Gasteiger partial charge in [0.15, 0.2) is 0 Å². The highest BCUT2D eigenvalue weighted by Crippen LogP contribution is 2.04. The second kappa shape index (κ2) is 3.95. The van der Waals surface area contributed by atoms with E-state index in [1.807, 2.05) is 0 Å². The van der Waals surface area contributed by atoms with Crippen LogP contribution in [0.25, 0.3) is 0 Å². The smallest absolute Gasteiger partial charge is 0.212 e. The first-order valence-corrected chi connectivity index (χ1v) is 7.31. The van der Waals surface area contributed by atoms with E-state index in [1.54, 1.807) is 0 Å². The molecule has 8 heteroatoms. The molecule has 5 nitrogen and oxygen atoms in total. The summed E-state index contributed by atoms with van der Waals surface area (Å²) in [5.74, 6) is 0.167. The van der Waals surface area contributed by atoms with Crippen LogP contribution in [0.4, 0.5) is 0 Å². The van der Waals surface area contributed by atoms with E-state index in [1.165, 1.54) is 0 Å². The third-order valence-electron chi connectivity index (χ3n) is 1.02. The number of thiol groups is 1. The number of hydrogen-bond acceptors (Lipinski definition) is 5. The molecule has 0 N–H and O–H groups in total. The Morgan fingerprint density at radius 3 is 1.50 bits per heavy atom. The molecule has 0 unspecified atom stereocenters. The summed E-state index contributed by atoms with van der Waals surface area (Å²) in [4.78, 5) is 0. The highest BCUT2D eigenvalue weighted by Gasteiger charge is 2.25. The highest BCUT2D eigenvalue weighted by atomic mass is 32.3. The van der Waals surface area contributed by atoms with Crippen LogP contribution in [-0.4, -0.2) is 45.4 Å². The standard InChI is InChI=1S/C4H11NO4S3/c1-11(6,7)5(3-4-10)12(2,8)9/h10H,3-4H2,1-2H3. The number of hydrogen-bond donors (Lipinski definition) is 1. The summed E-state index contributed by atoms with van der Waals surface area (Å²) >= 11 is 3.75. The molecule has 0 fully saturated rings. The van der Waals surface area contributed by atoms with Crippen LogP contribution in [0.5, 0.6) is 0 Å². The van der Waals surface area contributed by atoms with E-state index in [4.69, 9.17) is 0 Å². The predicted octanol–water partition coefficient (Wildman–Crippen LogP) is -0.863. The minimum atomic E-state index is -3.69. The first-order chi connectivity index (χ1) is 5.19. The van der Waals surface area contributed by atoms with Crippen molar-refractivity contribution in [3.05, 3.63) is 0 Å². The molecule has 0 saturated carbocycles. The summed E-state index contributed by atoms with van der Waals surface area (Å²) in [7, 11) is -7.38. The van der Waals surface area contributed by atoms with E-state index < -0.39 is 20.0 Å². The Kier molecular flexibility index (Phi) is 4.01. The molecule has 0 radical (unpaired) electrons. The van der Waals surface area contributed by atoms with Gasteiger partial charge in [-0.1, -0.05) is 3.71 Å². The van der Waals surface area contributed by atoms with Gasteiger partial charge in [0.1, 0.15) is 0 Å². The molecule has 0 bridgehead atoms. The third-order valence-corrected chi connectivity index (χ3v) is 4.69. The Bertz CT molecular complexity index is 297. The van der Waals surface area contributed by atoms with E-state index in [0.717, 1.165) is 12.5 Å². The summed E-state index contributed by atoms with van der Waals surface area (Å²) in [5, 5.41) is 0. The fraction of sp³-hybridized carbons (Fsp3) is 1.00. The van der Waals surface area contributed by atoms with E-state index in [-0.39, 0.29) is 12.3 Å². The SMILES string of the molecule is CS(=O)(=O)N(CCS)S(C)(=O)=O. The van der Waals surface area contributed by atoms with Crippen LogP contribution in [0.3, 0.4) is 0 Å². The highest BCUT2D eigenvalue weighted by molar-refractivity contribution is 8.03. The molecule has 0 amide bonds. The van der Waals surface area contributed by atoms with Crippen molar-refractivity contribution in [3.63, 3.8) is 0 Å². The van der Waals surface area contributed by atoms with Gasteiger partial charge in [-0.3, -0.25) is 0 Å². The van der Waals surface area contributed by atoms with Crippen molar-refractivity contribution < 1.29 is 16.8 Å². The van der Waals surface area contributed by atoms with Crippen molar-refractivity contribution in [3.8, 4) is 0 Å². The fourth-order valence-corrected chi connectivity index (χ4v) is 3.94. The largest absolute Gasteiger partial charge is 0.224 e. The molecule has 0 aromatic rings. The first-order valence-electron chi connectivity index (χ1n) is 2.98. The van der Waals surface area contributed by atoms with E-state index in [0.29, 0.717) is 3.71 Å². The predicted molar refractivity (Wildman–Crippen MR) is 50.2 cm³/mol. The van der Waals surface area contributed by atoms with E-state index >= 15 is 0 Å². The Hall–Kier alpha value is 0.210. The van der Waals surface area contributed by atoms with Gasteiger partial charge in [-0.2, -0.15) is 12.6 Å². The van der Waals surface area contributed by atoms with Crippen LogP contribution in [-0.2, 0) is 20.0 Å². The molecule has 0 aliphatic carbocycles. The zero-order valence-corrected chi connectivity index (χ0v) is 9.29. The maximum Gasteiger partial charge on any atom is 0.224 e. The maximum absolute atomic E-state index is 10.9. The van der Waals surface area contributed by atoms with Crippen LogP contribution >= 0.6 is 12.6 Å². The zero-order valence-electron chi connectivity index (χ0n) is 6.76. The first kappa shape index (κ1) is 12.2. The molecular weight excluding hydrogens is 222 g/mol. The Balaban J connectivity index is 4.97. The fourth-order valence-electron chi connectivity index (χ4n) is 0.659. The molecule has 0 spiro atoms. The Morgan fingerprint density at radius 2 is 1.42 bits per heavy atom. The van der Waals surface area contributed by atoms with Crippen molar-refractivity contribution in [1.29, 1.82) is 0 Å². The van der Waals surface area contributed by atoms with Crippen LogP contribution in [0.1, 0.15) is 0 Å². The molecule has 12 heavy (non-hydrogen) atoms. The summed E-state index contributed by atoms with van der Waals surface area (Å²) in [5.41, 5.74) is 0. The quantitative estimate of drug-likeness (QED) is 0.641. The van der Waals surface area contributed by atoms with Crippen LogP contribution in [0, 0.1) is 0 Å². The van der Waals surface area contributed by atoms with Gasteiger partial charge in [-0.25, -0.2) is 16.8 Å². The molecule has 0 saturated heterocycles. The molecule has 0 aromatic heterocycles. The van der Waals surface area contributed by atoms with Gasteiger partial charge < -0.3 is 0 Å². The molecular formula is C4H11NO4S3. The summed E-state index contributed by atoms with van der Waals surface area (Å²) in [6.07, 6.45) is 1.69. The molecule has 0 aliphatic rings. The lowest BCUT2D eigenvalue weighted by Crippen LogP contribution is -2.36. The average Bonchev–Trinajstić information content (AvgIpc) is 1.77. The molecule has 0 aromatic carbocycles. The van der Waals surface area contributed by atoms with Gasteiger partial charge in [0.25, 0.3) is 0 Å². The van der Waals surface area contributed by atoms with Gasteiger partial charge >= 0.3 is 0 Å². The van der Waals surface area contributed by atoms with Crippen molar-refractivity contribution >= 4 is 32.7 Å².